The molecule has 0 bridgehead atoms. The molecule has 20 heavy (non-hydrogen) atoms. The highest BCUT2D eigenvalue weighted by Crippen LogP contribution is 2.23. The number of nitrogens with one attached hydrogen (secondary N) is 1. The zero-order valence-corrected chi connectivity index (χ0v) is 14.0. The maximum Gasteiger partial charge on any atom is 0.149 e. The molecule has 0 saturated carbocycles. The third-order valence-corrected chi connectivity index (χ3v) is 4.39. The minimum Gasteiger partial charge on any atom is -0.310 e. The molecule has 1 unspecified atom stereocenters. The van der Waals surface area contributed by atoms with Crippen LogP contribution < -0.4 is 5.32 Å². The smallest absolute Gasteiger partial charge is 0.149 e. The third-order valence-electron chi connectivity index (χ3n) is 3.46. The van der Waals surface area contributed by atoms with E-state index in [1.54, 1.807) is 0 Å². The normalized spacial score (nSPS) is 13.7. The molecule has 0 aromatic carbocycles. The van der Waals surface area contributed by atoms with E-state index in [0.717, 1.165) is 30.8 Å². The fraction of sp³-hybridized carbons (Fsp3) is 0.786. The van der Waals surface area contributed by atoms with Crippen molar-refractivity contribution in [1.82, 2.24) is 15.1 Å². The summed E-state index contributed by atoms with van der Waals surface area (Å²) in [6.07, 6.45) is 3.00. The molecule has 0 amide bonds. The van der Waals surface area contributed by atoms with Gasteiger partial charge in [0.1, 0.15) is 9.84 Å². The van der Waals surface area contributed by atoms with E-state index in [9.17, 15) is 8.42 Å². The summed E-state index contributed by atoms with van der Waals surface area (Å²) in [4.78, 5) is 0. The largest absolute Gasteiger partial charge is 0.310 e. The summed E-state index contributed by atoms with van der Waals surface area (Å²) in [6.45, 7) is 9.75. The van der Waals surface area contributed by atoms with Crippen LogP contribution in [0.2, 0.25) is 0 Å². The van der Waals surface area contributed by atoms with Crippen molar-refractivity contribution >= 4 is 9.84 Å². The van der Waals surface area contributed by atoms with E-state index in [1.807, 2.05) is 4.68 Å². The van der Waals surface area contributed by atoms with Crippen LogP contribution in [0.4, 0.5) is 0 Å². The quantitative estimate of drug-likeness (QED) is 0.794. The highest BCUT2D eigenvalue weighted by Gasteiger charge is 2.20. The van der Waals surface area contributed by atoms with E-state index >= 15 is 0 Å². The molecule has 1 heterocycles. The van der Waals surface area contributed by atoms with Gasteiger partial charge in [-0.15, -0.1) is 0 Å². The summed E-state index contributed by atoms with van der Waals surface area (Å²) in [5.74, 6) is 0.139. The van der Waals surface area contributed by atoms with Crippen LogP contribution in [0, 0.1) is 0 Å². The number of hydrogen-bond acceptors (Lipinski definition) is 4. The van der Waals surface area contributed by atoms with Crippen LogP contribution in [0.25, 0.3) is 0 Å². The lowest BCUT2D eigenvalue weighted by atomic mass is 10.0. The Kier molecular flexibility index (Phi) is 6.20. The molecule has 1 atom stereocenters. The highest BCUT2D eigenvalue weighted by molar-refractivity contribution is 7.90. The van der Waals surface area contributed by atoms with Crippen molar-refractivity contribution < 1.29 is 8.42 Å². The predicted octanol–water partition coefficient (Wildman–Crippen LogP) is 1.72. The molecule has 0 radical (unpaired) electrons. The first-order valence-corrected chi connectivity index (χ1v) is 9.39. The van der Waals surface area contributed by atoms with Gasteiger partial charge in [0.25, 0.3) is 0 Å². The lowest BCUT2D eigenvalue weighted by molar-refractivity contribution is 0.570. The summed E-state index contributed by atoms with van der Waals surface area (Å²) in [7, 11) is -2.96. The maximum atomic E-state index is 11.3. The summed E-state index contributed by atoms with van der Waals surface area (Å²) in [6, 6.07) is 0.247. The number of hydrogen-bond donors (Lipinski definition) is 1. The van der Waals surface area contributed by atoms with Crippen molar-refractivity contribution in [3.05, 3.63) is 17.0 Å². The van der Waals surface area contributed by atoms with Crippen molar-refractivity contribution in [3.8, 4) is 0 Å². The molecule has 6 heteroatoms. The third kappa shape index (κ3) is 4.31. The molecular weight excluding hydrogens is 274 g/mol. The molecule has 1 N–H and O–H groups in total. The summed E-state index contributed by atoms with van der Waals surface area (Å²) >= 11 is 0. The van der Waals surface area contributed by atoms with Gasteiger partial charge in [-0.05, 0) is 26.3 Å². The average molecular weight is 301 g/mol. The SMILES string of the molecule is CCNC(C)c1c(CC)nn(CCS(C)(=O)=O)c1CC. The summed E-state index contributed by atoms with van der Waals surface area (Å²) < 4.78 is 24.6. The molecule has 1 aromatic rings. The molecule has 116 valence electrons. The zero-order valence-electron chi connectivity index (χ0n) is 13.2. The summed E-state index contributed by atoms with van der Waals surface area (Å²) in [5, 5.41) is 8.04. The lowest BCUT2D eigenvalue weighted by Gasteiger charge is -2.15. The van der Waals surface area contributed by atoms with Crippen molar-refractivity contribution in [1.29, 1.82) is 0 Å². The van der Waals surface area contributed by atoms with Gasteiger partial charge in [0.2, 0.25) is 0 Å². The van der Waals surface area contributed by atoms with Crippen LogP contribution >= 0.6 is 0 Å². The van der Waals surface area contributed by atoms with Gasteiger partial charge >= 0.3 is 0 Å². The minimum absolute atomic E-state index is 0.139. The van der Waals surface area contributed by atoms with E-state index in [1.165, 1.54) is 11.8 Å². The van der Waals surface area contributed by atoms with E-state index in [4.69, 9.17) is 0 Å². The Balaban J connectivity index is 3.13. The van der Waals surface area contributed by atoms with E-state index in [0.29, 0.717) is 6.54 Å². The standard InChI is InChI=1S/C14H27N3O2S/c1-6-12-14(11(4)15-8-3)13(7-2)17(16-12)9-10-20(5,18)19/h11,15H,6-10H2,1-5H3. The van der Waals surface area contributed by atoms with Crippen LogP contribution in [0.5, 0.6) is 0 Å². The molecule has 0 spiro atoms. The maximum absolute atomic E-state index is 11.3. The van der Waals surface area contributed by atoms with Gasteiger partial charge in [0.15, 0.2) is 0 Å². The summed E-state index contributed by atoms with van der Waals surface area (Å²) in [5.41, 5.74) is 3.47. The second-order valence-corrected chi connectivity index (χ2v) is 7.41. The number of aromatic nitrogens is 2. The fourth-order valence-corrected chi connectivity index (χ4v) is 3.05. The first-order chi connectivity index (χ1) is 9.34. The molecule has 0 aliphatic rings. The van der Waals surface area contributed by atoms with Crippen LogP contribution in [-0.2, 0) is 29.2 Å². The van der Waals surface area contributed by atoms with Crippen LogP contribution in [-0.4, -0.2) is 36.8 Å². The number of nitrogens with zero attached hydrogens (tertiary/aromatic N) is 2. The first-order valence-electron chi connectivity index (χ1n) is 7.33. The molecule has 0 saturated heterocycles. The van der Waals surface area contributed by atoms with Gasteiger partial charge in [0.05, 0.1) is 18.0 Å². The predicted molar refractivity (Wildman–Crippen MR) is 82.8 cm³/mol. The van der Waals surface area contributed by atoms with E-state index < -0.39 is 9.84 Å². The minimum atomic E-state index is -2.96. The van der Waals surface area contributed by atoms with E-state index in [2.05, 4.69) is 38.1 Å². The second kappa shape index (κ2) is 7.22. The van der Waals surface area contributed by atoms with Gasteiger partial charge in [0, 0.05) is 23.6 Å². The Morgan fingerprint density at radius 2 is 1.90 bits per heavy atom. The molecule has 1 aromatic heterocycles. The van der Waals surface area contributed by atoms with Crippen molar-refractivity contribution in [2.24, 2.45) is 0 Å². The van der Waals surface area contributed by atoms with Gasteiger partial charge in [-0.1, -0.05) is 20.8 Å². The monoisotopic (exact) mass is 301 g/mol. The first kappa shape index (κ1) is 17.2. The molecule has 1 rings (SSSR count). The fourth-order valence-electron chi connectivity index (χ4n) is 2.54. The second-order valence-electron chi connectivity index (χ2n) is 5.15. The van der Waals surface area contributed by atoms with Crippen LogP contribution in [0.3, 0.4) is 0 Å². The average Bonchev–Trinajstić information content (AvgIpc) is 2.73. The van der Waals surface area contributed by atoms with Gasteiger partial charge in [-0.25, -0.2) is 8.42 Å². The molecule has 0 fully saturated rings. The Morgan fingerprint density at radius 3 is 2.35 bits per heavy atom. The topological polar surface area (TPSA) is 64.0 Å². The van der Waals surface area contributed by atoms with Crippen molar-refractivity contribution in [2.45, 2.75) is 53.1 Å². The lowest BCUT2D eigenvalue weighted by Crippen LogP contribution is -2.20. The Hall–Kier alpha value is -0.880. The Morgan fingerprint density at radius 1 is 1.25 bits per heavy atom. The van der Waals surface area contributed by atoms with Gasteiger partial charge < -0.3 is 5.32 Å². The Labute approximate surface area is 122 Å². The van der Waals surface area contributed by atoms with Crippen LogP contribution in [0.15, 0.2) is 0 Å². The zero-order chi connectivity index (χ0) is 15.3. The number of sulfone groups is 1. The Bertz CT molecular complexity index is 535. The van der Waals surface area contributed by atoms with Crippen molar-refractivity contribution in [2.75, 3.05) is 18.6 Å². The highest BCUT2D eigenvalue weighted by atomic mass is 32.2. The molecule has 0 aliphatic heterocycles. The van der Waals surface area contributed by atoms with Gasteiger partial charge in [-0.2, -0.15) is 5.10 Å². The van der Waals surface area contributed by atoms with E-state index in [-0.39, 0.29) is 11.8 Å². The number of rotatable bonds is 8. The molecule has 0 aliphatic carbocycles. The van der Waals surface area contributed by atoms with Crippen molar-refractivity contribution in [3.63, 3.8) is 0 Å². The number of aryl methyl sites for hydroxylation is 2. The molecular formula is C14H27N3O2S. The van der Waals surface area contributed by atoms with Crippen LogP contribution in [0.1, 0.15) is 50.7 Å². The van der Waals surface area contributed by atoms with Gasteiger partial charge in [-0.3, -0.25) is 4.68 Å². The molecule has 5 nitrogen and oxygen atoms in total.